The molecule has 0 aliphatic heterocycles. The molecule has 1 fully saturated rings. The van der Waals surface area contributed by atoms with Crippen molar-refractivity contribution in [1.29, 1.82) is 0 Å². The molecule has 0 saturated heterocycles. The lowest BCUT2D eigenvalue weighted by molar-refractivity contribution is -0.123. The second-order valence-corrected chi connectivity index (χ2v) is 5.79. The van der Waals surface area contributed by atoms with E-state index in [1.165, 1.54) is 12.8 Å². The average Bonchev–Trinajstić information content (AvgIpc) is 2.89. The van der Waals surface area contributed by atoms with Gasteiger partial charge in [-0.2, -0.15) is 0 Å². The van der Waals surface area contributed by atoms with Gasteiger partial charge in [-0.3, -0.25) is 4.79 Å². The summed E-state index contributed by atoms with van der Waals surface area (Å²) in [7, 11) is 0. The maximum Gasteiger partial charge on any atom is 0.237 e. The van der Waals surface area contributed by atoms with Crippen molar-refractivity contribution >= 4 is 5.91 Å². The molecule has 19 heavy (non-hydrogen) atoms. The SMILES string of the molecule is CCCC(CCO)CNC(C)C(=O)NC1CCCC1. The Morgan fingerprint density at radius 2 is 2.00 bits per heavy atom. The summed E-state index contributed by atoms with van der Waals surface area (Å²) in [4.78, 5) is 12.0. The second-order valence-electron chi connectivity index (χ2n) is 5.79. The molecular weight excluding hydrogens is 240 g/mol. The van der Waals surface area contributed by atoms with E-state index in [4.69, 9.17) is 5.11 Å². The molecule has 1 saturated carbocycles. The molecule has 0 spiro atoms. The van der Waals surface area contributed by atoms with E-state index in [2.05, 4.69) is 17.6 Å². The number of hydrogen-bond acceptors (Lipinski definition) is 3. The predicted octanol–water partition coefficient (Wildman–Crippen LogP) is 1.82. The third-order valence-corrected chi connectivity index (χ3v) is 4.04. The van der Waals surface area contributed by atoms with Crippen LogP contribution in [0.3, 0.4) is 0 Å². The Labute approximate surface area is 117 Å². The van der Waals surface area contributed by atoms with Crippen LogP contribution in [0, 0.1) is 5.92 Å². The number of hydrogen-bond donors (Lipinski definition) is 3. The maximum atomic E-state index is 12.0. The fourth-order valence-corrected chi connectivity index (χ4v) is 2.77. The van der Waals surface area contributed by atoms with Gasteiger partial charge in [-0.05, 0) is 45.1 Å². The first-order valence-electron chi connectivity index (χ1n) is 7.82. The Morgan fingerprint density at radius 1 is 1.32 bits per heavy atom. The third-order valence-electron chi connectivity index (χ3n) is 4.04. The van der Waals surface area contributed by atoms with Crippen molar-refractivity contribution in [3.05, 3.63) is 0 Å². The Bertz CT molecular complexity index is 247. The van der Waals surface area contributed by atoms with Gasteiger partial charge >= 0.3 is 0 Å². The van der Waals surface area contributed by atoms with Gasteiger partial charge in [-0.15, -0.1) is 0 Å². The molecule has 4 heteroatoms. The van der Waals surface area contributed by atoms with Crippen molar-refractivity contribution in [3.63, 3.8) is 0 Å². The molecule has 4 nitrogen and oxygen atoms in total. The van der Waals surface area contributed by atoms with Crippen LogP contribution in [-0.2, 0) is 4.79 Å². The molecular formula is C15H30N2O2. The molecule has 0 bridgehead atoms. The third kappa shape index (κ3) is 6.39. The van der Waals surface area contributed by atoms with Crippen LogP contribution in [0.25, 0.3) is 0 Å². The van der Waals surface area contributed by atoms with Crippen molar-refractivity contribution in [2.75, 3.05) is 13.2 Å². The first-order chi connectivity index (χ1) is 9.17. The highest BCUT2D eigenvalue weighted by molar-refractivity contribution is 5.81. The number of carbonyl (C=O) groups excluding carboxylic acids is 1. The predicted molar refractivity (Wildman–Crippen MR) is 78.0 cm³/mol. The molecule has 0 aromatic rings. The quantitative estimate of drug-likeness (QED) is 0.599. The molecule has 3 N–H and O–H groups in total. The smallest absolute Gasteiger partial charge is 0.237 e. The standard InChI is InChI=1S/C15H30N2O2/c1-3-6-13(9-10-18)11-16-12(2)15(19)17-14-7-4-5-8-14/h12-14,16,18H,3-11H2,1-2H3,(H,17,19). The lowest BCUT2D eigenvalue weighted by atomic mass is 10.00. The van der Waals surface area contributed by atoms with Gasteiger partial charge in [0.25, 0.3) is 0 Å². The summed E-state index contributed by atoms with van der Waals surface area (Å²) in [6.07, 6.45) is 7.77. The normalized spacial score (nSPS) is 19.3. The second kappa shape index (κ2) is 9.32. The zero-order valence-corrected chi connectivity index (χ0v) is 12.5. The number of aliphatic hydroxyl groups excluding tert-OH is 1. The van der Waals surface area contributed by atoms with Crippen molar-refractivity contribution < 1.29 is 9.90 Å². The van der Waals surface area contributed by atoms with Crippen LogP contribution in [0.4, 0.5) is 0 Å². The van der Waals surface area contributed by atoms with Crippen molar-refractivity contribution in [1.82, 2.24) is 10.6 Å². The Morgan fingerprint density at radius 3 is 2.58 bits per heavy atom. The lowest BCUT2D eigenvalue weighted by Crippen LogP contribution is -2.46. The fraction of sp³-hybridized carbons (Fsp3) is 0.933. The first-order valence-corrected chi connectivity index (χ1v) is 7.82. The molecule has 1 aliphatic rings. The fourth-order valence-electron chi connectivity index (χ4n) is 2.77. The van der Waals surface area contributed by atoms with Gasteiger partial charge in [0.2, 0.25) is 5.91 Å². The van der Waals surface area contributed by atoms with Gasteiger partial charge in [-0.25, -0.2) is 0 Å². The maximum absolute atomic E-state index is 12.0. The summed E-state index contributed by atoms with van der Waals surface area (Å²) in [5.74, 6) is 0.586. The van der Waals surface area contributed by atoms with E-state index < -0.39 is 0 Å². The first kappa shape index (κ1) is 16.4. The molecule has 0 aromatic heterocycles. The summed E-state index contributed by atoms with van der Waals surface area (Å²) in [5.41, 5.74) is 0. The van der Waals surface area contributed by atoms with E-state index >= 15 is 0 Å². The van der Waals surface area contributed by atoms with Crippen molar-refractivity contribution in [3.8, 4) is 0 Å². The highest BCUT2D eigenvalue weighted by Crippen LogP contribution is 2.17. The molecule has 112 valence electrons. The highest BCUT2D eigenvalue weighted by Gasteiger charge is 2.20. The number of nitrogens with one attached hydrogen (secondary N) is 2. The van der Waals surface area contributed by atoms with E-state index in [-0.39, 0.29) is 18.6 Å². The zero-order chi connectivity index (χ0) is 14.1. The van der Waals surface area contributed by atoms with Crippen LogP contribution >= 0.6 is 0 Å². The summed E-state index contributed by atoms with van der Waals surface area (Å²) in [5, 5.41) is 15.4. The lowest BCUT2D eigenvalue weighted by Gasteiger charge is -2.21. The minimum Gasteiger partial charge on any atom is -0.396 e. The van der Waals surface area contributed by atoms with Crippen molar-refractivity contribution in [2.45, 2.75) is 70.9 Å². The summed E-state index contributed by atoms with van der Waals surface area (Å²) in [6.45, 7) is 5.12. The summed E-state index contributed by atoms with van der Waals surface area (Å²) in [6, 6.07) is 0.249. The summed E-state index contributed by atoms with van der Waals surface area (Å²) >= 11 is 0. The molecule has 1 amide bonds. The van der Waals surface area contributed by atoms with Gasteiger partial charge in [0, 0.05) is 12.6 Å². The molecule has 1 rings (SSSR count). The van der Waals surface area contributed by atoms with Crippen LogP contribution < -0.4 is 10.6 Å². The highest BCUT2D eigenvalue weighted by atomic mass is 16.3. The van der Waals surface area contributed by atoms with E-state index in [1.54, 1.807) is 0 Å². The van der Waals surface area contributed by atoms with Gasteiger partial charge in [0.05, 0.1) is 6.04 Å². The Kier molecular flexibility index (Phi) is 8.07. The minimum absolute atomic E-state index is 0.117. The average molecular weight is 270 g/mol. The van der Waals surface area contributed by atoms with E-state index in [1.807, 2.05) is 6.92 Å². The monoisotopic (exact) mass is 270 g/mol. The van der Waals surface area contributed by atoms with Crippen LogP contribution in [0.15, 0.2) is 0 Å². The van der Waals surface area contributed by atoms with Gasteiger partial charge < -0.3 is 15.7 Å². The van der Waals surface area contributed by atoms with E-state index in [0.717, 1.165) is 38.6 Å². The number of aliphatic hydroxyl groups is 1. The van der Waals surface area contributed by atoms with Crippen LogP contribution in [-0.4, -0.2) is 36.2 Å². The topological polar surface area (TPSA) is 61.4 Å². The number of amides is 1. The van der Waals surface area contributed by atoms with E-state index in [9.17, 15) is 4.79 Å². The Hall–Kier alpha value is -0.610. The van der Waals surface area contributed by atoms with Gasteiger partial charge in [0.1, 0.15) is 0 Å². The zero-order valence-electron chi connectivity index (χ0n) is 12.5. The molecule has 2 atom stereocenters. The van der Waals surface area contributed by atoms with Gasteiger partial charge in [0.15, 0.2) is 0 Å². The molecule has 1 aliphatic carbocycles. The molecule has 2 unspecified atom stereocenters. The minimum atomic E-state index is -0.140. The van der Waals surface area contributed by atoms with E-state index in [0.29, 0.717) is 12.0 Å². The molecule has 0 radical (unpaired) electrons. The summed E-state index contributed by atoms with van der Waals surface area (Å²) < 4.78 is 0. The van der Waals surface area contributed by atoms with Crippen LogP contribution in [0.5, 0.6) is 0 Å². The Balaban J connectivity index is 2.23. The van der Waals surface area contributed by atoms with Crippen molar-refractivity contribution in [2.24, 2.45) is 5.92 Å². The largest absolute Gasteiger partial charge is 0.396 e. The number of carbonyl (C=O) groups is 1. The van der Waals surface area contributed by atoms with Crippen LogP contribution in [0.2, 0.25) is 0 Å². The molecule has 0 heterocycles. The molecule has 0 aromatic carbocycles. The van der Waals surface area contributed by atoms with Crippen LogP contribution in [0.1, 0.15) is 58.8 Å². The van der Waals surface area contributed by atoms with Gasteiger partial charge in [-0.1, -0.05) is 26.2 Å². The number of rotatable bonds is 9.